The Labute approximate surface area is 129 Å². The van der Waals surface area contributed by atoms with Gasteiger partial charge in [-0.2, -0.15) is 0 Å². The maximum Gasteiger partial charge on any atom is 0.151 e. The van der Waals surface area contributed by atoms with Crippen LogP contribution in [0.4, 0.5) is 0 Å². The second kappa shape index (κ2) is 8.01. The van der Waals surface area contributed by atoms with Gasteiger partial charge in [-0.15, -0.1) is 0 Å². The highest BCUT2D eigenvalue weighted by atomic mass is 127. The number of hydrogen-bond donors (Lipinski definition) is 1. The van der Waals surface area contributed by atoms with Crippen molar-refractivity contribution in [1.29, 1.82) is 0 Å². The smallest absolute Gasteiger partial charge is 0.151 e. The third-order valence-corrected chi connectivity index (χ3v) is 3.85. The van der Waals surface area contributed by atoms with E-state index in [1.807, 2.05) is 19.1 Å². The highest BCUT2D eigenvalue weighted by Crippen LogP contribution is 2.19. The van der Waals surface area contributed by atoms with Crippen LogP contribution in [0, 0.1) is 10.6 Å². The molecule has 1 rings (SSSR count). The maximum atomic E-state index is 8.96. The molecule has 0 saturated carbocycles. The van der Waals surface area contributed by atoms with Gasteiger partial charge >= 0.3 is 0 Å². The second-order valence-corrected chi connectivity index (χ2v) is 6.43. The number of quaternary nitrogens is 1. The van der Waals surface area contributed by atoms with Gasteiger partial charge in [0, 0.05) is 5.69 Å². The molecule has 0 radical (unpaired) electrons. The van der Waals surface area contributed by atoms with Crippen LogP contribution in [-0.2, 0) is 0 Å². The summed E-state index contributed by atoms with van der Waals surface area (Å²) in [6, 6.07) is 3.95. The van der Waals surface area contributed by atoms with E-state index in [4.69, 9.17) is 9.84 Å². The number of likely N-dealkylation sites (N-methyl/N-ethyl adjacent to an activating group) is 1. The van der Waals surface area contributed by atoms with Crippen LogP contribution in [0.5, 0.6) is 5.75 Å². The van der Waals surface area contributed by atoms with Crippen molar-refractivity contribution in [2.75, 3.05) is 40.4 Å². The summed E-state index contributed by atoms with van der Waals surface area (Å²) in [6.07, 6.45) is 2.12. The number of pyridine rings is 1. The Balaban J connectivity index is 2.24. The van der Waals surface area contributed by atoms with Gasteiger partial charge in [0.15, 0.2) is 5.75 Å². The fourth-order valence-corrected chi connectivity index (χ4v) is 2.54. The molecular weight excluding hydrogens is 355 g/mol. The highest BCUT2D eigenvalue weighted by molar-refractivity contribution is 14.1. The monoisotopic (exact) mass is 379 g/mol. The number of ether oxygens (including phenoxy) is 1. The SMILES string of the molecule is Cc1ccc(OCCCC[N+](C)(C)CCO)c(I)n1. The number of rotatable bonds is 8. The molecule has 1 aromatic rings. The lowest BCUT2D eigenvalue weighted by atomic mass is 10.3. The van der Waals surface area contributed by atoms with Gasteiger partial charge in [0.25, 0.3) is 0 Å². The summed E-state index contributed by atoms with van der Waals surface area (Å²) in [7, 11) is 4.29. The Morgan fingerprint density at radius 1 is 1.26 bits per heavy atom. The molecule has 1 heterocycles. The molecule has 19 heavy (non-hydrogen) atoms. The van der Waals surface area contributed by atoms with Crippen molar-refractivity contribution in [2.24, 2.45) is 0 Å². The van der Waals surface area contributed by atoms with Gasteiger partial charge in [-0.25, -0.2) is 4.98 Å². The molecular formula is C14H24IN2O2+. The third kappa shape index (κ3) is 6.54. The van der Waals surface area contributed by atoms with E-state index in [-0.39, 0.29) is 6.61 Å². The minimum absolute atomic E-state index is 0.247. The molecule has 0 aliphatic heterocycles. The third-order valence-electron chi connectivity index (χ3n) is 3.07. The average molecular weight is 379 g/mol. The lowest BCUT2D eigenvalue weighted by Crippen LogP contribution is -2.42. The summed E-state index contributed by atoms with van der Waals surface area (Å²) < 4.78 is 7.53. The first kappa shape index (κ1) is 16.7. The lowest BCUT2D eigenvalue weighted by Gasteiger charge is -2.28. The van der Waals surface area contributed by atoms with Gasteiger partial charge in [0.1, 0.15) is 10.2 Å². The summed E-state index contributed by atoms with van der Waals surface area (Å²) in [5, 5.41) is 8.96. The second-order valence-electron chi connectivity index (χ2n) is 5.40. The molecule has 0 amide bonds. The Morgan fingerprint density at radius 2 is 2.00 bits per heavy atom. The Morgan fingerprint density at radius 3 is 2.63 bits per heavy atom. The molecule has 0 aliphatic carbocycles. The molecule has 1 N–H and O–H groups in total. The van der Waals surface area contributed by atoms with Crippen molar-refractivity contribution in [3.8, 4) is 5.75 Å². The zero-order valence-electron chi connectivity index (χ0n) is 12.0. The zero-order chi connectivity index (χ0) is 14.3. The molecule has 108 valence electrons. The van der Waals surface area contributed by atoms with E-state index in [0.29, 0.717) is 0 Å². The molecule has 0 fully saturated rings. The molecule has 0 bridgehead atoms. The first-order valence-corrected chi connectivity index (χ1v) is 7.71. The van der Waals surface area contributed by atoms with Crippen LogP contribution in [0.2, 0.25) is 0 Å². The lowest BCUT2D eigenvalue weighted by molar-refractivity contribution is -0.890. The molecule has 0 aromatic carbocycles. The summed E-state index contributed by atoms with van der Waals surface area (Å²) in [5.74, 6) is 0.871. The number of halogens is 1. The first-order chi connectivity index (χ1) is 8.94. The fraction of sp³-hybridized carbons (Fsp3) is 0.643. The van der Waals surface area contributed by atoms with E-state index in [9.17, 15) is 0 Å². The van der Waals surface area contributed by atoms with E-state index < -0.39 is 0 Å². The Bertz CT molecular complexity index is 397. The normalized spacial score (nSPS) is 11.6. The fourth-order valence-electron chi connectivity index (χ4n) is 1.83. The summed E-state index contributed by atoms with van der Waals surface area (Å²) >= 11 is 2.20. The van der Waals surface area contributed by atoms with Crippen molar-refractivity contribution in [2.45, 2.75) is 19.8 Å². The van der Waals surface area contributed by atoms with Crippen molar-refractivity contribution in [3.63, 3.8) is 0 Å². The van der Waals surface area contributed by atoms with Crippen LogP contribution in [0.15, 0.2) is 12.1 Å². The van der Waals surface area contributed by atoms with Crippen molar-refractivity contribution in [3.05, 3.63) is 21.5 Å². The van der Waals surface area contributed by atoms with Gasteiger partial charge in [0.05, 0.1) is 33.9 Å². The van der Waals surface area contributed by atoms with Gasteiger partial charge in [-0.05, 0) is 54.5 Å². The van der Waals surface area contributed by atoms with E-state index in [1.165, 1.54) is 0 Å². The maximum absolute atomic E-state index is 8.96. The molecule has 0 saturated heterocycles. The Hall–Kier alpha value is -0.400. The van der Waals surface area contributed by atoms with Crippen LogP contribution in [0.25, 0.3) is 0 Å². The molecule has 1 aromatic heterocycles. The van der Waals surface area contributed by atoms with E-state index in [2.05, 4.69) is 41.7 Å². The molecule has 0 unspecified atom stereocenters. The molecule has 0 aliphatic rings. The van der Waals surface area contributed by atoms with Crippen LogP contribution in [0.3, 0.4) is 0 Å². The average Bonchev–Trinajstić information content (AvgIpc) is 2.31. The molecule has 0 atom stereocenters. The number of hydrogen-bond acceptors (Lipinski definition) is 3. The first-order valence-electron chi connectivity index (χ1n) is 6.63. The van der Waals surface area contributed by atoms with E-state index >= 15 is 0 Å². The van der Waals surface area contributed by atoms with Gasteiger partial charge in [0.2, 0.25) is 0 Å². The Kier molecular flexibility index (Phi) is 7.02. The van der Waals surface area contributed by atoms with E-state index in [1.54, 1.807) is 0 Å². The predicted molar refractivity (Wildman–Crippen MR) is 85.3 cm³/mol. The van der Waals surface area contributed by atoms with Gasteiger partial charge in [-0.1, -0.05) is 0 Å². The molecule has 0 spiro atoms. The van der Waals surface area contributed by atoms with Crippen molar-refractivity contribution < 1.29 is 14.3 Å². The van der Waals surface area contributed by atoms with Crippen molar-refractivity contribution in [1.82, 2.24) is 4.98 Å². The van der Waals surface area contributed by atoms with Crippen LogP contribution in [0.1, 0.15) is 18.5 Å². The van der Waals surface area contributed by atoms with E-state index in [0.717, 1.165) is 52.2 Å². The highest BCUT2D eigenvalue weighted by Gasteiger charge is 2.13. The summed E-state index contributed by atoms with van der Waals surface area (Å²) in [5.41, 5.74) is 1.01. The number of aryl methyl sites for hydroxylation is 1. The summed E-state index contributed by atoms with van der Waals surface area (Å²) in [4.78, 5) is 4.37. The number of nitrogens with zero attached hydrogens (tertiary/aromatic N) is 2. The minimum atomic E-state index is 0.247. The largest absolute Gasteiger partial charge is 0.491 e. The van der Waals surface area contributed by atoms with Crippen molar-refractivity contribution >= 4 is 22.6 Å². The number of aliphatic hydroxyl groups excluding tert-OH is 1. The molecule has 5 heteroatoms. The van der Waals surface area contributed by atoms with Gasteiger partial charge in [-0.3, -0.25) is 0 Å². The number of unbranched alkanes of at least 4 members (excludes halogenated alkanes) is 1. The number of aliphatic hydroxyl groups is 1. The predicted octanol–water partition coefficient (Wildman–Crippen LogP) is 2.22. The quantitative estimate of drug-likeness (QED) is 0.326. The minimum Gasteiger partial charge on any atom is -0.491 e. The topological polar surface area (TPSA) is 42.4 Å². The number of aromatic nitrogens is 1. The van der Waals surface area contributed by atoms with Crippen LogP contribution in [-0.4, -0.2) is 55.0 Å². The zero-order valence-corrected chi connectivity index (χ0v) is 14.2. The van der Waals surface area contributed by atoms with Crippen LogP contribution < -0.4 is 4.74 Å². The summed E-state index contributed by atoms with van der Waals surface area (Å²) in [6.45, 7) is 4.82. The van der Waals surface area contributed by atoms with Gasteiger partial charge < -0.3 is 14.3 Å². The standard InChI is InChI=1S/C14H24IN2O2/c1-12-6-7-13(14(15)16-12)19-11-5-4-8-17(2,3)9-10-18/h6-7,18H,4-5,8-11H2,1-3H3/q+1. The van der Waals surface area contributed by atoms with Crippen LogP contribution >= 0.6 is 22.6 Å². The molecule has 4 nitrogen and oxygen atoms in total.